The molecule has 0 bridgehead atoms. The number of aromatic nitrogens is 1. The molecule has 5 heteroatoms. The number of hydrogen-bond acceptors (Lipinski definition) is 2. The van der Waals surface area contributed by atoms with Crippen molar-refractivity contribution in [1.82, 2.24) is 4.98 Å². The van der Waals surface area contributed by atoms with Gasteiger partial charge in [-0.1, -0.05) is 35.9 Å². The van der Waals surface area contributed by atoms with E-state index in [1.54, 1.807) is 6.07 Å². The zero-order valence-electron chi connectivity index (χ0n) is 14.3. The molecule has 1 aliphatic carbocycles. The van der Waals surface area contributed by atoms with Crippen LogP contribution in [0.2, 0.25) is 5.02 Å². The standard InChI is InChI=1S/C21H19ClN2O2/c22-18-8-4-1-5-13(18)11-20(25)23-14-9-10-16-15-6-2-3-7-17(15)21(26)24-19(16)12-14/h1,4-5,8-10,12H,2-3,6-7,11H2,(H,23,25)(H,24,26). The third-order valence-corrected chi connectivity index (χ3v) is 5.30. The van der Waals surface area contributed by atoms with Crippen LogP contribution in [-0.2, 0) is 24.1 Å². The lowest BCUT2D eigenvalue weighted by Gasteiger charge is -2.17. The first-order valence-electron chi connectivity index (χ1n) is 8.83. The van der Waals surface area contributed by atoms with Crippen molar-refractivity contribution in [2.24, 2.45) is 0 Å². The second kappa shape index (κ2) is 6.96. The molecule has 2 N–H and O–H groups in total. The lowest BCUT2D eigenvalue weighted by Crippen LogP contribution is -2.19. The Kier molecular flexibility index (Phi) is 4.51. The molecule has 2 aromatic carbocycles. The van der Waals surface area contributed by atoms with Crippen molar-refractivity contribution in [2.75, 3.05) is 5.32 Å². The number of pyridine rings is 1. The third-order valence-electron chi connectivity index (χ3n) is 4.93. The van der Waals surface area contributed by atoms with Gasteiger partial charge in [0.25, 0.3) is 5.56 Å². The highest BCUT2D eigenvalue weighted by Gasteiger charge is 2.16. The lowest BCUT2D eigenvalue weighted by atomic mass is 9.90. The quantitative estimate of drug-likeness (QED) is 0.728. The van der Waals surface area contributed by atoms with Crippen LogP contribution in [-0.4, -0.2) is 10.9 Å². The summed E-state index contributed by atoms with van der Waals surface area (Å²) in [7, 11) is 0. The molecule has 0 radical (unpaired) electrons. The van der Waals surface area contributed by atoms with Gasteiger partial charge in [0.1, 0.15) is 0 Å². The van der Waals surface area contributed by atoms with Crippen molar-refractivity contribution in [3.63, 3.8) is 0 Å². The summed E-state index contributed by atoms with van der Waals surface area (Å²) < 4.78 is 0. The fourth-order valence-electron chi connectivity index (χ4n) is 3.66. The highest BCUT2D eigenvalue weighted by atomic mass is 35.5. The van der Waals surface area contributed by atoms with E-state index in [1.807, 2.05) is 36.4 Å². The van der Waals surface area contributed by atoms with Crippen molar-refractivity contribution in [3.05, 3.63) is 74.5 Å². The van der Waals surface area contributed by atoms with Crippen LogP contribution in [0, 0.1) is 0 Å². The Hall–Kier alpha value is -2.59. The van der Waals surface area contributed by atoms with Crippen LogP contribution >= 0.6 is 11.6 Å². The first kappa shape index (κ1) is 16.9. The maximum atomic E-state index is 12.3. The highest BCUT2D eigenvalue weighted by molar-refractivity contribution is 6.31. The van der Waals surface area contributed by atoms with Gasteiger partial charge in [0.05, 0.1) is 11.9 Å². The lowest BCUT2D eigenvalue weighted by molar-refractivity contribution is -0.115. The molecular formula is C21H19ClN2O2. The molecule has 0 fully saturated rings. The Labute approximate surface area is 156 Å². The van der Waals surface area contributed by atoms with Gasteiger partial charge in [-0.15, -0.1) is 0 Å². The molecule has 0 unspecified atom stereocenters. The average Bonchev–Trinajstić information content (AvgIpc) is 2.64. The smallest absolute Gasteiger partial charge is 0.251 e. The topological polar surface area (TPSA) is 62.0 Å². The Morgan fingerprint density at radius 2 is 1.85 bits per heavy atom. The van der Waals surface area contributed by atoms with E-state index in [9.17, 15) is 9.59 Å². The normalized spacial score (nSPS) is 13.4. The van der Waals surface area contributed by atoms with Crippen LogP contribution < -0.4 is 10.9 Å². The van der Waals surface area contributed by atoms with Gasteiger partial charge in [-0.05, 0) is 55.0 Å². The SMILES string of the molecule is O=C(Cc1ccccc1Cl)Nc1ccc2c3c(c(=O)[nH]c2c1)CCCC3. The number of H-pyrrole nitrogens is 1. The number of fused-ring (bicyclic) bond motifs is 3. The van der Waals surface area contributed by atoms with Gasteiger partial charge >= 0.3 is 0 Å². The summed E-state index contributed by atoms with van der Waals surface area (Å²) in [5.74, 6) is -0.141. The Morgan fingerprint density at radius 3 is 2.65 bits per heavy atom. The molecule has 1 aliphatic rings. The van der Waals surface area contributed by atoms with E-state index in [-0.39, 0.29) is 17.9 Å². The van der Waals surface area contributed by atoms with Gasteiger partial charge in [-0.2, -0.15) is 0 Å². The van der Waals surface area contributed by atoms with Crippen molar-refractivity contribution in [1.29, 1.82) is 0 Å². The summed E-state index contributed by atoms with van der Waals surface area (Å²) in [6.07, 6.45) is 4.17. The molecular weight excluding hydrogens is 348 g/mol. The van der Waals surface area contributed by atoms with Gasteiger partial charge in [-0.3, -0.25) is 9.59 Å². The Morgan fingerprint density at radius 1 is 1.08 bits per heavy atom. The fraction of sp³-hybridized carbons (Fsp3) is 0.238. The van der Waals surface area contributed by atoms with E-state index in [0.717, 1.165) is 53.3 Å². The summed E-state index contributed by atoms with van der Waals surface area (Å²) >= 11 is 6.11. The van der Waals surface area contributed by atoms with Gasteiger partial charge in [0.15, 0.2) is 0 Å². The molecule has 132 valence electrons. The van der Waals surface area contributed by atoms with E-state index < -0.39 is 0 Å². The molecule has 0 saturated carbocycles. The summed E-state index contributed by atoms with van der Waals surface area (Å²) in [6, 6.07) is 13.0. The number of rotatable bonds is 3. The van der Waals surface area contributed by atoms with Gasteiger partial charge in [-0.25, -0.2) is 0 Å². The van der Waals surface area contributed by atoms with Crippen LogP contribution in [0.5, 0.6) is 0 Å². The first-order valence-corrected chi connectivity index (χ1v) is 9.20. The van der Waals surface area contributed by atoms with Crippen molar-refractivity contribution >= 4 is 34.1 Å². The molecule has 0 spiro atoms. The number of carbonyl (C=O) groups is 1. The molecule has 4 nitrogen and oxygen atoms in total. The number of benzene rings is 2. The number of anilines is 1. The molecule has 0 saturated heterocycles. The number of carbonyl (C=O) groups excluding carboxylic acids is 1. The van der Waals surface area contributed by atoms with E-state index in [1.165, 1.54) is 0 Å². The maximum Gasteiger partial charge on any atom is 0.251 e. The van der Waals surface area contributed by atoms with Gasteiger partial charge < -0.3 is 10.3 Å². The average molecular weight is 367 g/mol. The van der Waals surface area contributed by atoms with Crippen LogP contribution in [0.25, 0.3) is 10.9 Å². The number of amides is 1. The molecule has 0 atom stereocenters. The molecule has 1 aromatic heterocycles. The monoisotopic (exact) mass is 366 g/mol. The number of aryl methyl sites for hydroxylation is 1. The minimum atomic E-state index is -0.141. The first-order chi connectivity index (χ1) is 12.6. The molecule has 4 rings (SSSR count). The second-order valence-electron chi connectivity index (χ2n) is 6.70. The molecule has 3 aromatic rings. The van der Waals surface area contributed by atoms with E-state index in [4.69, 9.17) is 11.6 Å². The summed E-state index contributed by atoms with van der Waals surface area (Å²) in [4.78, 5) is 27.6. The predicted molar refractivity (Wildman–Crippen MR) is 105 cm³/mol. The predicted octanol–water partition coefficient (Wildman–Crippen LogP) is 4.24. The van der Waals surface area contributed by atoms with Crippen molar-refractivity contribution in [3.8, 4) is 0 Å². The Bertz CT molecular complexity index is 1060. The number of halogens is 1. The van der Waals surface area contributed by atoms with E-state index >= 15 is 0 Å². The van der Waals surface area contributed by atoms with Crippen LogP contribution in [0.4, 0.5) is 5.69 Å². The molecule has 1 heterocycles. The second-order valence-corrected chi connectivity index (χ2v) is 7.10. The largest absolute Gasteiger partial charge is 0.326 e. The maximum absolute atomic E-state index is 12.3. The number of aromatic amines is 1. The highest BCUT2D eigenvalue weighted by Crippen LogP contribution is 2.27. The zero-order chi connectivity index (χ0) is 18.1. The molecule has 26 heavy (non-hydrogen) atoms. The summed E-state index contributed by atoms with van der Waals surface area (Å²) in [5, 5.41) is 4.54. The summed E-state index contributed by atoms with van der Waals surface area (Å²) in [5.41, 5.74) is 4.29. The van der Waals surface area contributed by atoms with Crippen LogP contribution in [0.15, 0.2) is 47.3 Å². The third kappa shape index (κ3) is 3.25. The van der Waals surface area contributed by atoms with Crippen LogP contribution in [0.3, 0.4) is 0 Å². The van der Waals surface area contributed by atoms with Crippen molar-refractivity contribution in [2.45, 2.75) is 32.1 Å². The van der Waals surface area contributed by atoms with Gasteiger partial charge in [0.2, 0.25) is 5.91 Å². The summed E-state index contributed by atoms with van der Waals surface area (Å²) in [6.45, 7) is 0. The molecule has 0 aliphatic heterocycles. The van der Waals surface area contributed by atoms with Crippen molar-refractivity contribution < 1.29 is 4.79 Å². The van der Waals surface area contributed by atoms with E-state index in [0.29, 0.717) is 10.7 Å². The van der Waals surface area contributed by atoms with Crippen LogP contribution in [0.1, 0.15) is 29.5 Å². The minimum absolute atomic E-state index is 0.00764. The number of hydrogen-bond donors (Lipinski definition) is 2. The van der Waals surface area contributed by atoms with Gasteiger partial charge in [0, 0.05) is 21.7 Å². The van der Waals surface area contributed by atoms with E-state index in [2.05, 4.69) is 10.3 Å². The number of nitrogens with one attached hydrogen (secondary N) is 2. The zero-order valence-corrected chi connectivity index (χ0v) is 15.0. The Balaban J connectivity index is 1.61. The molecule has 1 amide bonds. The fourth-order valence-corrected chi connectivity index (χ4v) is 3.86. The minimum Gasteiger partial charge on any atom is -0.326 e.